The normalized spacial score (nSPS) is 10.9. The van der Waals surface area contributed by atoms with Crippen molar-refractivity contribution in [1.29, 1.82) is 0 Å². The van der Waals surface area contributed by atoms with Crippen LogP contribution < -0.4 is 22.7 Å². The molecular weight excluding hydrogens is 286 g/mol. The Kier molecular flexibility index (Phi) is 4.55. The van der Waals surface area contributed by atoms with Crippen molar-refractivity contribution in [2.75, 3.05) is 5.73 Å². The summed E-state index contributed by atoms with van der Waals surface area (Å²) >= 11 is 0. The molecule has 21 heavy (non-hydrogen) atoms. The van der Waals surface area contributed by atoms with Gasteiger partial charge in [0.05, 0.1) is 13.6 Å². The van der Waals surface area contributed by atoms with Crippen LogP contribution in [0.1, 0.15) is 5.56 Å². The molecule has 108 valence electrons. The third kappa shape index (κ3) is 3.03. The average Bonchev–Trinajstić information content (AvgIpc) is 2.78. The van der Waals surface area contributed by atoms with Gasteiger partial charge in [0.1, 0.15) is 0 Å². The van der Waals surface area contributed by atoms with Gasteiger partial charge in [-0.15, -0.1) is 0 Å². The highest BCUT2D eigenvalue weighted by molar-refractivity contribution is 5.79. The van der Waals surface area contributed by atoms with Crippen molar-refractivity contribution in [3.63, 3.8) is 0 Å². The van der Waals surface area contributed by atoms with Crippen LogP contribution in [0, 0.1) is 0 Å². The number of benzene rings is 1. The molecule has 0 fully saturated rings. The van der Waals surface area contributed by atoms with E-state index in [1.165, 1.54) is 11.9 Å². The van der Waals surface area contributed by atoms with E-state index >= 15 is 0 Å². The van der Waals surface area contributed by atoms with Gasteiger partial charge in [-0.25, -0.2) is 4.57 Å². The summed E-state index contributed by atoms with van der Waals surface area (Å²) in [7, 11) is 1.95. The predicted octanol–water partition coefficient (Wildman–Crippen LogP) is -1.44. The summed E-state index contributed by atoms with van der Waals surface area (Å²) in [5, 5.41) is 0. The van der Waals surface area contributed by atoms with Gasteiger partial charge in [0, 0.05) is 0 Å². The number of anilines is 1. The Balaban J connectivity index is 0.00000161. The van der Waals surface area contributed by atoms with Crippen LogP contribution in [0.25, 0.3) is 17.2 Å². The number of aryl methyl sites for hydroxylation is 1. The molecule has 0 unspecified atom stereocenters. The van der Waals surface area contributed by atoms with Crippen LogP contribution >= 0.6 is 0 Å². The fraction of sp³-hybridized carbons (Fsp3) is 0.133. The summed E-state index contributed by atoms with van der Waals surface area (Å²) in [6.45, 7) is 0.726. The lowest BCUT2D eigenvalue weighted by Gasteiger charge is -1.96. The first-order valence-electron chi connectivity index (χ1n) is 6.42. The Morgan fingerprint density at radius 2 is 2.00 bits per heavy atom. The Morgan fingerprint density at radius 3 is 2.76 bits per heavy atom. The first-order valence-corrected chi connectivity index (χ1v) is 6.42. The lowest BCUT2D eigenvalue weighted by molar-refractivity contribution is -0.647. The van der Waals surface area contributed by atoms with Gasteiger partial charge in [-0.1, -0.05) is 41.4 Å². The van der Waals surface area contributed by atoms with E-state index in [0.717, 1.165) is 17.7 Å². The quantitative estimate of drug-likeness (QED) is 0.603. The number of nitrogens with zero attached hydrogens (tertiary/aromatic N) is 4. The number of allylic oxidation sites excluding steroid dienone is 1. The summed E-state index contributed by atoms with van der Waals surface area (Å²) in [4.78, 5) is 8.31. The van der Waals surface area contributed by atoms with Crippen LogP contribution in [-0.2, 0) is 13.6 Å². The number of hydrogen-bond donors (Lipinski definition) is 1. The van der Waals surface area contributed by atoms with E-state index in [-0.39, 0.29) is 12.4 Å². The molecule has 0 aliphatic heterocycles. The van der Waals surface area contributed by atoms with E-state index in [1.54, 1.807) is 0 Å². The van der Waals surface area contributed by atoms with Gasteiger partial charge in [0.15, 0.2) is 18.5 Å². The minimum atomic E-state index is 0. The zero-order valence-electron chi connectivity index (χ0n) is 11.6. The van der Waals surface area contributed by atoms with Crippen molar-refractivity contribution in [2.45, 2.75) is 6.54 Å². The minimum absolute atomic E-state index is 0. The SMILES string of the molecule is C[n+]1cn(C/C=C/c2ccccc2)c2c(N)ncnc21.[Cl-]. The van der Waals surface area contributed by atoms with Crippen molar-refractivity contribution in [2.24, 2.45) is 7.05 Å². The minimum Gasteiger partial charge on any atom is -1.00 e. The lowest BCUT2D eigenvalue weighted by Crippen LogP contribution is -3.00. The van der Waals surface area contributed by atoms with E-state index in [2.05, 4.69) is 34.3 Å². The number of halogens is 1. The van der Waals surface area contributed by atoms with Crippen LogP contribution in [0.4, 0.5) is 5.82 Å². The van der Waals surface area contributed by atoms with E-state index in [9.17, 15) is 0 Å². The number of fused-ring (bicyclic) bond motifs is 1. The van der Waals surface area contributed by atoms with Crippen LogP contribution in [0.2, 0.25) is 0 Å². The van der Waals surface area contributed by atoms with Crippen LogP contribution in [-0.4, -0.2) is 14.5 Å². The molecule has 2 N–H and O–H groups in total. The van der Waals surface area contributed by atoms with Gasteiger partial charge in [-0.05, 0) is 11.6 Å². The highest BCUT2D eigenvalue weighted by Gasteiger charge is 2.16. The molecule has 0 aliphatic carbocycles. The molecule has 0 spiro atoms. The number of imidazole rings is 1. The molecule has 0 aliphatic rings. The van der Waals surface area contributed by atoms with Crippen molar-refractivity contribution < 1.29 is 17.0 Å². The summed E-state index contributed by atoms with van der Waals surface area (Å²) in [6, 6.07) is 10.2. The van der Waals surface area contributed by atoms with Crippen LogP contribution in [0.3, 0.4) is 0 Å². The maximum atomic E-state index is 5.94. The maximum Gasteiger partial charge on any atom is 0.307 e. The first kappa shape index (κ1) is 15.0. The number of hydrogen-bond acceptors (Lipinski definition) is 3. The summed E-state index contributed by atoms with van der Waals surface area (Å²) < 4.78 is 3.99. The Labute approximate surface area is 129 Å². The molecule has 2 heterocycles. The number of aromatic nitrogens is 4. The highest BCUT2D eigenvalue weighted by Crippen LogP contribution is 2.14. The standard InChI is InChI=1S/C15H16N5.ClH/c1-19-11-20(13-14(16)17-10-18-15(13)19)9-5-8-12-6-3-2-4-7-12;/h2-8,10-11H,9H2,1H3,(H2,16,17,18);1H/q+1;/p-1/b8-5+;. The van der Waals surface area contributed by atoms with Gasteiger partial charge in [0.25, 0.3) is 0 Å². The lowest BCUT2D eigenvalue weighted by atomic mass is 10.2. The monoisotopic (exact) mass is 301 g/mol. The summed E-state index contributed by atoms with van der Waals surface area (Å²) in [6.07, 6.45) is 7.65. The first-order chi connectivity index (χ1) is 9.75. The molecule has 0 saturated carbocycles. The average molecular weight is 302 g/mol. The highest BCUT2D eigenvalue weighted by atomic mass is 35.5. The molecule has 0 bridgehead atoms. The van der Waals surface area contributed by atoms with Crippen molar-refractivity contribution in [3.05, 3.63) is 54.6 Å². The number of rotatable bonds is 3. The largest absolute Gasteiger partial charge is 1.00 e. The van der Waals surface area contributed by atoms with Gasteiger partial charge < -0.3 is 18.1 Å². The molecule has 6 heteroatoms. The molecule has 0 atom stereocenters. The molecule has 3 aromatic rings. The summed E-state index contributed by atoms with van der Waals surface area (Å²) in [5.41, 5.74) is 8.83. The molecule has 5 nitrogen and oxygen atoms in total. The Bertz CT molecular complexity index is 764. The fourth-order valence-electron chi connectivity index (χ4n) is 2.24. The van der Waals surface area contributed by atoms with E-state index in [1.807, 2.05) is 40.7 Å². The maximum absolute atomic E-state index is 5.94. The predicted molar refractivity (Wildman–Crippen MR) is 78.6 cm³/mol. The van der Waals surface area contributed by atoms with Crippen molar-refractivity contribution >= 4 is 23.1 Å². The molecule has 0 radical (unpaired) electrons. The molecule has 1 aromatic carbocycles. The molecule has 2 aromatic heterocycles. The third-order valence-corrected chi connectivity index (χ3v) is 3.18. The van der Waals surface area contributed by atoms with Gasteiger partial charge >= 0.3 is 5.65 Å². The van der Waals surface area contributed by atoms with Crippen LogP contribution in [0.5, 0.6) is 0 Å². The third-order valence-electron chi connectivity index (χ3n) is 3.18. The van der Waals surface area contributed by atoms with E-state index < -0.39 is 0 Å². The molecular formula is C15H16ClN5. The van der Waals surface area contributed by atoms with Gasteiger partial charge in [0.2, 0.25) is 5.52 Å². The van der Waals surface area contributed by atoms with E-state index in [0.29, 0.717) is 5.82 Å². The zero-order chi connectivity index (χ0) is 13.9. The molecule has 3 rings (SSSR count). The van der Waals surface area contributed by atoms with Gasteiger partial charge in [-0.3, -0.25) is 4.57 Å². The smallest absolute Gasteiger partial charge is 0.307 e. The number of nitrogen functional groups attached to an aromatic ring is 1. The Hall–Kier alpha value is -2.40. The second-order valence-corrected chi connectivity index (χ2v) is 4.62. The van der Waals surface area contributed by atoms with Crippen LogP contribution in [0.15, 0.2) is 49.1 Å². The topological polar surface area (TPSA) is 60.6 Å². The second kappa shape index (κ2) is 6.37. The van der Waals surface area contributed by atoms with Crippen molar-refractivity contribution in [3.8, 4) is 0 Å². The molecule has 0 saturated heterocycles. The van der Waals surface area contributed by atoms with E-state index in [4.69, 9.17) is 5.73 Å². The zero-order valence-corrected chi connectivity index (χ0v) is 12.4. The van der Waals surface area contributed by atoms with Gasteiger partial charge in [-0.2, -0.15) is 4.98 Å². The molecule has 0 amide bonds. The fourth-order valence-corrected chi connectivity index (χ4v) is 2.24. The Morgan fingerprint density at radius 1 is 1.24 bits per heavy atom. The second-order valence-electron chi connectivity index (χ2n) is 4.62. The van der Waals surface area contributed by atoms with Crippen molar-refractivity contribution in [1.82, 2.24) is 14.5 Å². The number of nitrogens with two attached hydrogens (primary N) is 1. The summed E-state index contributed by atoms with van der Waals surface area (Å²) in [5.74, 6) is 0.503.